The highest BCUT2D eigenvalue weighted by Gasteiger charge is 2.41. The maximum absolute atomic E-state index is 14.3. The summed E-state index contributed by atoms with van der Waals surface area (Å²) in [7, 11) is -3.84. The van der Waals surface area contributed by atoms with Gasteiger partial charge in [0, 0.05) is 18.6 Å². The highest BCUT2D eigenvalue weighted by molar-refractivity contribution is 7.89. The fourth-order valence-electron chi connectivity index (χ4n) is 4.18. The highest BCUT2D eigenvalue weighted by atomic mass is 32.2. The van der Waals surface area contributed by atoms with Crippen LogP contribution >= 0.6 is 0 Å². The number of benzene rings is 1. The average Bonchev–Trinajstić information content (AvgIpc) is 3.40. The Balaban J connectivity index is 1.54. The minimum Gasteiger partial charge on any atom is -0.348 e. The van der Waals surface area contributed by atoms with E-state index < -0.39 is 22.2 Å². The van der Waals surface area contributed by atoms with Gasteiger partial charge < -0.3 is 5.32 Å². The van der Waals surface area contributed by atoms with Gasteiger partial charge in [-0.1, -0.05) is 11.3 Å². The van der Waals surface area contributed by atoms with Gasteiger partial charge in [-0.15, -0.1) is 5.10 Å². The van der Waals surface area contributed by atoms with Gasteiger partial charge in [0.15, 0.2) is 5.69 Å². The zero-order valence-corrected chi connectivity index (χ0v) is 17.9. The van der Waals surface area contributed by atoms with Gasteiger partial charge in [-0.3, -0.25) is 9.48 Å². The maximum Gasteiger partial charge on any atom is 0.273 e. The molecule has 1 aliphatic carbocycles. The molecule has 10 heteroatoms. The maximum atomic E-state index is 14.3. The van der Waals surface area contributed by atoms with E-state index in [9.17, 15) is 17.6 Å². The van der Waals surface area contributed by atoms with Crippen LogP contribution in [-0.2, 0) is 29.4 Å². The first-order valence-corrected chi connectivity index (χ1v) is 11.7. The van der Waals surface area contributed by atoms with Crippen LogP contribution in [0.5, 0.6) is 0 Å². The number of fused-ring (bicyclic) bond motifs is 1. The molecule has 2 unspecified atom stereocenters. The largest absolute Gasteiger partial charge is 0.348 e. The molecule has 1 aromatic heterocycles. The molecule has 2 aromatic rings. The van der Waals surface area contributed by atoms with Gasteiger partial charge in [-0.2, -0.15) is 4.31 Å². The number of hydrogen-bond acceptors (Lipinski definition) is 5. The van der Waals surface area contributed by atoms with Crippen molar-refractivity contribution in [2.75, 3.05) is 6.54 Å². The fourth-order valence-corrected chi connectivity index (χ4v) is 5.88. The van der Waals surface area contributed by atoms with Crippen molar-refractivity contribution in [3.8, 4) is 0 Å². The molecule has 1 saturated heterocycles. The van der Waals surface area contributed by atoms with E-state index in [0.717, 1.165) is 24.8 Å². The number of hydrogen-bond donors (Lipinski definition) is 1. The zero-order chi connectivity index (χ0) is 21.5. The second-order valence-electron chi connectivity index (χ2n) is 8.30. The number of aryl methyl sites for hydroxylation is 2. The van der Waals surface area contributed by atoms with E-state index in [1.54, 1.807) is 12.1 Å². The van der Waals surface area contributed by atoms with Crippen molar-refractivity contribution in [2.45, 2.75) is 69.2 Å². The Morgan fingerprint density at radius 2 is 2.07 bits per heavy atom. The lowest BCUT2D eigenvalue weighted by molar-refractivity contribution is 0.0938. The molecule has 0 bridgehead atoms. The third-order valence-electron chi connectivity index (χ3n) is 5.58. The molecule has 8 nitrogen and oxygen atoms in total. The number of nitrogens with one attached hydrogen (secondary N) is 1. The van der Waals surface area contributed by atoms with Crippen LogP contribution in [0, 0.1) is 0 Å². The Morgan fingerprint density at radius 3 is 2.83 bits per heavy atom. The molecule has 162 valence electrons. The summed E-state index contributed by atoms with van der Waals surface area (Å²) in [5.41, 5.74) is 2.39. The van der Waals surface area contributed by atoms with E-state index in [2.05, 4.69) is 15.6 Å². The summed E-state index contributed by atoms with van der Waals surface area (Å²) in [5, 5.41) is 10.5. The second kappa shape index (κ2) is 8.07. The van der Waals surface area contributed by atoms with Gasteiger partial charge in [-0.05, 0) is 62.8 Å². The molecule has 1 fully saturated rings. The molecule has 2 atom stereocenters. The molecule has 1 aliphatic heterocycles. The van der Waals surface area contributed by atoms with E-state index in [-0.39, 0.29) is 42.0 Å². The van der Waals surface area contributed by atoms with E-state index >= 15 is 0 Å². The first kappa shape index (κ1) is 20.9. The summed E-state index contributed by atoms with van der Waals surface area (Å²) in [6.07, 6.45) is 3.16. The molecular formula is C20H26FN5O3S. The molecular weight excluding hydrogens is 409 g/mol. The monoisotopic (exact) mass is 435 g/mol. The van der Waals surface area contributed by atoms with Crippen molar-refractivity contribution in [1.29, 1.82) is 0 Å². The minimum atomic E-state index is -3.84. The van der Waals surface area contributed by atoms with Crippen LogP contribution in [0.25, 0.3) is 0 Å². The number of rotatable bonds is 6. The van der Waals surface area contributed by atoms with Crippen LogP contribution in [0.3, 0.4) is 0 Å². The number of sulfonamides is 1. The van der Waals surface area contributed by atoms with Crippen LogP contribution in [0.2, 0.25) is 0 Å². The quantitative estimate of drug-likeness (QED) is 0.745. The number of halogens is 1. The molecule has 1 amide bonds. The van der Waals surface area contributed by atoms with Gasteiger partial charge in [-0.25, -0.2) is 12.8 Å². The third kappa shape index (κ3) is 4.11. The average molecular weight is 436 g/mol. The van der Waals surface area contributed by atoms with Crippen molar-refractivity contribution >= 4 is 15.9 Å². The number of aromatic nitrogens is 3. The van der Waals surface area contributed by atoms with Gasteiger partial charge in [0.1, 0.15) is 6.17 Å². The Labute approximate surface area is 175 Å². The predicted octanol–water partition coefficient (Wildman–Crippen LogP) is 1.71. The molecule has 0 spiro atoms. The first-order chi connectivity index (χ1) is 14.2. The molecule has 4 rings (SSSR count). The molecule has 2 aliphatic rings. The van der Waals surface area contributed by atoms with Crippen molar-refractivity contribution in [2.24, 2.45) is 0 Å². The second-order valence-corrected chi connectivity index (χ2v) is 10.2. The van der Waals surface area contributed by atoms with Crippen LogP contribution in [-0.4, -0.2) is 58.4 Å². The molecule has 0 radical (unpaired) electrons. The van der Waals surface area contributed by atoms with E-state index in [1.807, 2.05) is 19.9 Å². The predicted molar refractivity (Wildman–Crippen MR) is 108 cm³/mol. The Kier molecular flexibility index (Phi) is 5.63. The van der Waals surface area contributed by atoms with Gasteiger partial charge in [0.2, 0.25) is 10.0 Å². The molecule has 0 saturated carbocycles. The first-order valence-electron chi connectivity index (χ1n) is 10.2. The van der Waals surface area contributed by atoms with Gasteiger partial charge >= 0.3 is 0 Å². The Bertz CT molecular complexity index is 1050. The number of amides is 1. The van der Waals surface area contributed by atoms with Crippen molar-refractivity contribution < 1.29 is 17.6 Å². The van der Waals surface area contributed by atoms with Crippen LogP contribution in [0.4, 0.5) is 4.39 Å². The van der Waals surface area contributed by atoms with Crippen molar-refractivity contribution in [1.82, 2.24) is 24.6 Å². The molecule has 2 heterocycles. The summed E-state index contributed by atoms with van der Waals surface area (Å²) >= 11 is 0. The fraction of sp³-hybridized carbons (Fsp3) is 0.550. The number of carbonyl (C=O) groups excluding carboxylic acids is 1. The van der Waals surface area contributed by atoms with Crippen molar-refractivity contribution in [3.63, 3.8) is 0 Å². The SMILES string of the molecule is CC(C)NC(=O)c1cn(CC2CC(F)CN2S(=O)(=O)c2ccc3c(c2)CCC3)nn1. The van der Waals surface area contributed by atoms with Gasteiger partial charge in [0.25, 0.3) is 5.91 Å². The molecule has 1 N–H and O–H groups in total. The van der Waals surface area contributed by atoms with Crippen LogP contribution < -0.4 is 5.32 Å². The highest BCUT2D eigenvalue weighted by Crippen LogP contribution is 2.31. The Morgan fingerprint density at radius 1 is 1.30 bits per heavy atom. The molecule has 1 aromatic carbocycles. The lowest BCUT2D eigenvalue weighted by Crippen LogP contribution is -2.38. The normalized spacial score (nSPS) is 21.9. The topological polar surface area (TPSA) is 97.2 Å². The van der Waals surface area contributed by atoms with E-state index in [0.29, 0.717) is 0 Å². The summed E-state index contributed by atoms with van der Waals surface area (Å²) in [6, 6.07) is 4.57. The lowest BCUT2D eigenvalue weighted by atomic mass is 10.1. The summed E-state index contributed by atoms with van der Waals surface area (Å²) < 4.78 is 43.4. The number of alkyl halides is 1. The van der Waals surface area contributed by atoms with E-state index in [4.69, 9.17) is 0 Å². The summed E-state index contributed by atoms with van der Waals surface area (Å²) in [4.78, 5) is 12.3. The van der Waals surface area contributed by atoms with Gasteiger partial charge in [0.05, 0.1) is 17.6 Å². The molecule has 30 heavy (non-hydrogen) atoms. The number of nitrogens with zero attached hydrogens (tertiary/aromatic N) is 4. The standard InChI is InChI=1S/C20H26FN5O3S/c1-13(2)22-20(27)19-12-25(24-23-19)11-17-9-16(21)10-26(17)30(28,29)18-7-6-14-4-3-5-15(14)8-18/h6-8,12-13,16-17H,3-5,9-11H2,1-2H3,(H,22,27). The van der Waals surface area contributed by atoms with Crippen LogP contribution in [0.1, 0.15) is 48.3 Å². The Hall–Kier alpha value is -2.33. The summed E-state index contributed by atoms with van der Waals surface area (Å²) in [5.74, 6) is -0.353. The lowest BCUT2D eigenvalue weighted by Gasteiger charge is -2.23. The zero-order valence-electron chi connectivity index (χ0n) is 17.1. The van der Waals surface area contributed by atoms with Crippen LogP contribution in [0.15, 0.2) is 29.3 Å². The summed E-state index contributed by atoms with van der Waals surface area (Å²) in [6.45, 7) is 3.62. The van der Waals surface area contributed by atoms with Crippen molar-refractivity contribution in [3.05, 3.63) is 41.2 Å². The third-order valence-corrected chi connectivity index (χ3v) is 7.49. The number of carbonyl (C=O) groups is 1. The smallest absolute Gasteiger partial charge is 0.273 e. The van der Waals surface area contributed by atoms with E-state index in [1.165, 1.54) is 20.7 Å². The minimum absolute atomic E-state index is 0.0438.